The van der Waals surface area contributed by atoms with Crippen molar-refractivity contribution in [1.29, 1.82) is 5.26 Å². The Balaban J connectivity index is 3.57. The SMILES string of the molecule is N#Cc1c(C(F)(F)F)cc(I)nc1C(F)F. The van der Waals surface area contributed by atoms with Crippen molar-refractivity contribution in [2.24, 2.45) is 0 Å². The number of hydrogen-bond acceptors (Lipinski definition) is 2. The van der Waals surface area contributed by atoms with E-state index in [1.165, 1.54) is 22.6 Å². The lowest BCUT2D eigenvalue weighted by Crippen LogP contribution is -2.12. The summed E-state index contributed by atoms with van der Waals surface area (Å²) in [5.74, 6) is 0. The van der Waals surface area contributed by atoms with Crippen LogP contribution in [0.1, 0.15) is 23.2 Å². The summed E-state index contributed by atoms with van der Waals surface area (Å²) in [6.45, 7) is 0. The highest BCUT2D eigenvalue weighted by Gasteiger charge is 2.36. The second-order valence-corrected chi connectivity index (χ2v) is 3.77. The van der Waals surface area contributed by atoms with Gasteiger partial charge in [0.15, 0.2) is 0 Å². The second kappa shape index (κ2) is 4.48. The number of hydrogen-bond donors (Lipinski definition) is 0. The van der Waals surface area contributed by atoms with Gasteiger partial charge in [-0.05, 0) is 28.7 Å². The van der Waals surface area contributed by atoms with Crippen molar-refractivity contribution < 1.29 is 22.0 Å². The Morgan fingerprint density at radius 3 is 2.31 bits per heavy atom. The van der Waals surface area contributed by atoms with Crippen LogP contribution in [-0.4, -0.2) is 4.98 Å². The zero-order chi connectivity index (χ0) is 12.5. The largest absolute Gasteiger partial charge is 0.417 e. The molecule has 0 unspecified atom stereocenters. The third-order valence-corrected chi connectivity index (χ3v) is 2.19. The monoisotopic (exact) mass is 348 g/mol. The molecule has 1 heterocycles. The molecule has 0 N–H and O–H groups in total. The molecule has 0 aromatic carbocycles. The van der Waals surface area contributed by atoms with E-state index in [9.17, 15) is 22.0 Å². The van der Waals surface area contributed by atoms with Crippen LogP contribution in [0.15, 0.2) is 6.07 Å². The van der Waals surface area contributed by atoms with Crippen molar-refractivity contribution in [2.45, 2.75) is 12.6 Å². The number of pyridine rings is 1. The lowest BCUT2D eigenvalue weighted by Gasteiger charge is -2.11. The van der Waals surface area contributed by atoms with Crippen LogP contribution in [0.3, 0.4) is 0 Å². The highest BCUT2D eigenvalue weighted by molar-refractivity contribution is 14.1. The lowest BCUT2D eigenvalue weighted by atomic mass is 10.1. The Labute approximate surface area is 100 Å². The van der Waals surface area contributed by atoms with E-state index in [4.69, 9.17) is 5.26 Å². The summed E-state index contributed by atoms with van der Waals surface area (Å²) in [5, 5.41) is 8.48. The van der Waals surface area contributed by atoms with E-state index in [-0.39, 0.29) is 3.70 Å². The maximum atomic E-state index is 12.4. The van der Waals surface area contributed by atoms with Crippen LogP contribution >= 0.6 is 22.6 Å². The van der Waals surface area contributed by atoms with Gasteiger partial charge < -0.3 is 0 Å². The van der Waals surface area contributed by atoms with Gasteiger partial charge in [-0.3, -0.25) is 0 Å². The summed E-state index contributed by atoms with van der Waals surface area (Å²) in [6, 6.07) is 1.67. The summed E-state index contributed by atoms with van der Waals surface area (Å²) in [6.07, 6.45) is -8.07. The highest BCUT2D eigenvalue weighted by Crippen LogP contribution is 2.35. The Morgan fingerprint density at radius 2 is 1.94 bits per heavy atom. The molecule has 0 spiro atoms. The molecular weight excluding hydrogens is 346 g/mol. The lowest BCUT2D eigenvalue weighted by molar-refractivity contribution is -0.138. The molecule has 0 aliphatic carbocycles. The molecule has 0 aliphatic heterocycles. The molecule has 1 aromatic rings. The normalized spacial score (nSPS) is 11.6. The fourth-order valence-corrected chi connectivity index (χ4v) is 1.60. The Bertz CT molecular complexity index is 449. The second-order valence-electron chi connectivity index (χ2n) is 2.66. The van der Waals surface area contributed by atoms with Gasteiger partial charge in [0.1, 0.15) is 15.5 Å². The number of nitrogens with zero attached hydrogens (tertiary/aromatic N) is 2. The van der Waals surface area contributed by atoms with Crippen LogP contribution in [0.5, 0.6) is 0 Å². The highest BCUT2D eigenvalue weighted by atomic mass is 127. The van der Waals surface area contributed by atoms with Crippen LogP contribution in [0.2, 0.25) is 0 Å². The molecule has 16 heavy (non-hydrogen) atoms. The molecule has 2 nitrogen and oxygen atoms in total. The third-order valence-electron chi connectivity index (χ3n) is 1.64. The molecule has 86 valence electrons. The van der Waals surface area contributed by atoms with Crippen LogP contribution in [0, 0.1) is 15.0 Å². The average molecular weight is 348 g/mol. The molecule has 8 heteroatoms. The molecule has 0 radical (unpaired) electrons. The topological polar surface area (TPSA) is 36.7 Å². The minimum Gasteiger partial charge on any atom is -0.239 e. The van der Waals surface area contributed by atoms with Crippen molar-refractivity contribution in [3.8, 4) is 6.07 Å². The van der Waals surface area contributed by atoms with Gasteiger partial charge in [-0.15, -0.1) is 0 Å². The van der Waals surface area contributed by atoms with Gasteiger partial charge in [0.25, 0.3) is 6.43 Å². The minimum atomic E-state index is -4.85. The van der Waals surface area contributed by atoms with Gasteiger partial charge in [0, 0.05) is 0 Å². The van der Waals surface area contributed by atoms with Gasteiger partial charge in [-0.25, -0.2) is 13.8 Å². The van der Waals surface area contributed by atoms with Gasteiger partial charge in [0.2, 0.25) is 0 Å². The summed E-state index contributed by atoms with van der Waals surface area (Å²) in [5.41, 5.74) is -3.64. The van der Waals surface area contributed by atoms with E-state index < -0.39 is 29.4 Å². The smallest absolute Gasteiger partial charge is 0.239 e. The number of alkyl halides is 5. The molecule has 0 aliphatic rings. The summed E-state index contributed by atoms with van der Waals surface area (Å²) < 4.78 is 61.8. The van der Waals surface area contributed by atoms with Crippen LogP contribution in [-0.2, 0) is 6.18 Å². The predicted molar refractivity (Wildman–Crippen MR) is 51.6 cm³/mol. The van der Waals surface area contributed by atoms with Gasteiger partial charge in [0.05, 0.1) is 11.1 Å². The van der Waals surface area contributed by atoms with E-state index in [2.05, 4.69) is 4.98 Å². The maximum Gasteiger partial charge on any atom is 0.417 e. The van der Waals surface area contributed by atoms with Crippen LogP contribution in [0.4, 0.5) is 22.0 Å². The maximum absolute atomic E-state index is 12.4. The fraction of sp³-hybridized carbons (Fsp3) is 0.250. The predicted octanol–water partition coefficient (Wildman–Crippen LogP) is 3.51. The Kier molecular flexibility index (Phi) is 3.67. The molecule has 0 fully saturated rings. The first-order valence-corrected chi connectivity index (χ1v) is 4.81. The van der Waals surface area contributed by atoms with Crippen LogP contribution in [0.25, 0.3) is 0 Å². The number of halogens is 6. The molecular formula is C8H2F5IN2. The van der Waals surface area contributed by atoms with E-state index in [1.807, 2.05) is 0 Å². The molecule has 0 amide bonds. The van der Waals surface area contributed by atoms with Crippen LogP contribution < -0.4 is 0 Å². The Hall–Kier alpha value is -0.980. The fourth-order valence-electron chi connectivity index (χ4n) is 1.03. The Morgan fingerprint density at radius 1 is 1.38 bits per heavy atom. The quantitative estimate of drug-likeness (QED) is 0.443. The first-order valence-electron chi connectivity index (χ1n) is 3.73. The van der Waals surface area contributed by atoms with Crippen molar-refractivity contribution in [1.82, 2.24) is 4.98 Å². The molecule has 0 atom stereocenters. The van der Waals surface area contributed by atoms with Gasteiger partial charge >= 0.3 is 6.18 Å². The first-order chi connectivity index (χ1) is 7.27. The zero-order valence-electron chi connectivity index (χ0n) is 7.32. The molecule has 0 saturated carbocycles. The molecule has 1 aromatic heterocycles. The zero-order valence-corrected chi connectivity index (χ0v) is 9.47. The summed E-state index contributed by atoms with van der Waals surface area (Å²) in [7, 11) is 0. The molecule has 0 saturated heterocycles. The average Bonchev–Trinajstić information content (AvgIpc) is 2.14. The van der Waals surface area contributed by atoms with Crippen molar-refractivity contribution in [2.75, 3.05) is 0 Å². The van der Waals surface area contributed by atoms with E-state index in [1.54, 1.807) is 0 Å². The number of nitriles is 1. The summed E-state index contributed by atoms with van der Waals surface area (Å²) >= 11 is 1.38. The van der Waals surface area contributed by atoms with Crippen molar-refractivity contribution in [3.63, 3.8) is 0 Å². The van der Waals surface area contributed by atoms with Gasteiger partial charge in [-0.2, -0.15) is 18.4 Å². The van der Waals surface area contributed by atoms with E-state index >= 15 is 0 Å². The van der Waals surface area contributed by atoms with Gasteiger partial charge in [-0.1, -0.05) is 0 Å². The summed E-state index contributed by atoms with van der Waals surface area (Å²) in [4.78, 5) is 3.23. The number of rotatable bonds is 1. The minimum absolute atomic E-state index is 0.237. The number of aromatic nitrogens is 1. The van der Waals surface area contributed by atoms with Crippen molar-refractivity contribution in [3.05, 3.63) is 26.6 Å². The molecule has 1 rings (SSSR count). The molecule has 0 bridgehead atoms. The first kappa shape index (κ1) is 13.1. The third kappa shape index (κ3) is 2.58. The van der Waals surface area contributed by atoms with Crippen molar-refractivity contribution >= 4 is 22.6 Å². The van der Waals surface area contributed by atoms with E-state index in [0.29, 0.717) is 6.07 Å². The van der Waals surface area contributed by atoms with E-state index in [0.717, 1.165) is 6.07 Å². The standard InChI is InChI=1S/C8H2F5IN2/c9-7(10)6-3(2-15)4(8(11,12)13)1-5(14)16-6/h1,7H.